The Balaban J connectivity index is 4.44. The summed E-state index contributed by atoms with van der Waals surface area (Å²) in [4.78, 5) is 0. The molecule has 0 saturated heterocycles. The molecule has 0 unspecified atom stereocenters. The van der Waals surface area contributed by atoms with Crippen LogP contribution < -0.4 is 5.32 Å². The molecule has 0 fully saturated rings. The second-order valence-electron chi connectivity index (χ2n) is 2.56. The fraction of sp³-hybridized carbons (Fsp3) is 0.200. The highest BCUT2D eigenvalue weighted by Gasteiger charge is 1.89. The van der Waals surface area contributed by atoms with Crippen molar-refractivity contribution in [2.45, 2.75) is 13.8 Å². The number of allylic oxidation sites excluding steroid dienone is 5. The fourth-order valence-electron chi connectivity index (χ4n) is 0.686. The van der Waals surface area contributed by atoms with Gasteiger partial charge in [-0.2, -0.15) is 10.5 Å². The van der Waals surface area contributed by atoms with Crippen molar-refractivity contribution in [3.05, 3.63) is 35.7 Å². The molecule has 0 aliphatic carbocycles. The summed E-state index contributed by atoms with van der Waals surface area (Å²) in [6, 6.07) is 3.53. The van der Waals surface area contributed by atoms with Crippen LogP contribution in [-0.4, -0.2) is 0 Å². The lowest BCUT2D eigenvalue weighted by Crippen LogP contribution is -2.05. The highest BCUT2D eigenvalue weighted by atomic mass is 14.9. The molecule has 3 heteroatoms. The summed E-state index contributed by atoms with van der Waals surface area (Å²) in [7, 11) is 0. The van der Waals surface area contributed by atoms with E-state index in [4.69, 9.17) is 10.5 Å². The summed E-state index contributed by atoms with van der Waals surface area (Å²) in [6.45, 7) is 7.32. The van der Waals surface area contributed by atoms with Gasteiger partial charge in [0.25, 0.3) is 0 Å². The number of hydrogen-bond donors (Lipinski definition) is 1. The first-order chi connectivity index (χ1) is 6.10. The zero-order valence-corrected chi connectivity index (χ0v) is 7.76. The second kappa shape index (κ2) is 5.62. The Morgan fingerprint density at radius 2 is 1.77 bits per heavy atom. The van der Waals surface area contributed by atoms with Crippen molar-refractivity contribution in [3.8, 4) is 12.1 Å². The van der Waals surface area contributed by atoms with Crippen LogP contribution in [0.1, 0.15) is 13.8 Å². The van der Waals surface area contributed by atoms with E-state index in [0.717, 1.165) is 11.4 Å². The van der Waals surface area contributed by atoms with Crippen LogP contribution in [0.4, 0.5) is 0 Å². The summed E-state index contributed by atoms with van der Waals surface area (Å²) in [6.07, 6.45) is 3.13. The standard InChI is InChI=1S/C10H11N3/c1-8(2)13-9(3)4-5-10(6-11)7-12/h4-5,13H,1H2,2-3H3/b9-4-. The van der Waals surface area contributed by atoms with Gasteiger partial charge in [-0.15, -0.1) is 0 Å². The molecule has 1 N–H and O–H groups in total. The first-order valence-corrected chi connectivity index (χ1v) is 3.71. The van der Waals surface area contributed by atoms with E-state index in [0.29, 0.717) is 0 Å². The summed E-state index contributed by atoms with van der Waals surface area (Å²) in [5, 5.41) is 19.8. The van der Waals surface area contributed by atoms with Crippen LogP contribution in [0.3, 0.4) is 0 Å². The first kappa shape index (κ1) is 11.0. The minimum absolute atomic E-state index is 0.0860. The third-order valence-electron chi connectivity index (χ3n) is 1.15. The Morgan fingerprint density at radius 1 is 1.23 bits per heavy atom. The summed E-state index contributed by atoms with van der Waals surface area (Å²) >= 11 is 0. The van der Waals surface area contributed by atoms with Gasteiger partial charge in [0.2, 0.25) is 0 Å². The number of nitrogens with zero attached hydrogens (tertiary/aromatic N) is 2. The molecule has 0 atom stereocenters. The Kier molecular flexibility index (Phi) is 4.76. The van der Waals surface area contributed by atoms with Crippen LogP contribution in [0.5, 0.6) is 0 Å². The molecule has 0 aromatic carbocycles. The predicted octanol–water partition coefficient (Wildman–Crippen LogP) is 1.99. The van der Waals surface area contributed by atoms with E-state index in [1.165, 1.54) is 6.08 Å². The van der Waals surface area contributed by atoms with Crippen LogP contribution in [0, 0.1) is 22.7 Å². The van der Waals surface area contributed by atoms with Crippen molar-refractivity contribution in [1.82, 2.24) is 5.32 Å². The quantitative estimate of drug-likeness (QED) is 0.524. The van der Waals surface area contributed by atoms with E-state index in [1.807, 2.05) is 13.8 Å². The van der Waals surface area contributed by atoms with Gasteiger partial charge in [0, 0.05) is 11.4 Å². The zero-order chi connectivity index (χ0) is 10.3. The molecule has 0 radical (unpaired) electrons. The van der Waals surface area contributed by atoms with Crippen LogP contribution in [0.15, 0.2) is 35.7 Å². The molecule has 0 bridgehead atoms. The van der Waals surface area contributed by atoms with Crippen molar-refractivity contribution in [2.24, 2.45) is 0 Å². The molecular formula is C10H11N3. The lowest BCUT2D eigenvalue weighted by Gasteiger charge is -2.02. The third kappa shape index (κ3) is 5.29. The highest BCUT2D eigenvalue weighted by Crippen LogP contribution is 1.95. The molecule has 0 spiro atoms. The van der Waals surface area contributed by atoms with E-state index >= 15 is 0 Å². The Morgan fingerprint density at radius 3 is 2.15 bits per heavy atom. The molecule has 3 nitrogen and oxygen atoms in total. The molecule has 0 aromatic rings. The molecule has 0 aliphatic heterocycles. The Labute approximate surface area is 78.3 Å². The normalized spacial score (nSPS) is 9.38. The average molecular weight is 173 g/mol. The maximum absolute atomic E-state index is 8.41. The molecule has 0 saturated carbocycles. The highest BCUT2D eigenvalue weighted by molar-refractivity contribution is 5.38. The molecule has 0 rings (SSSR count). The average Bonchev–Trinajstić information content (AvgIpc) is 2.05. The van der Waals surface area contributed by atoms with Gasteiger partial charge >= 0.3 is 0 Å². The minimum Gasteiger partial charge on any atom is -0.363 e. The van der Waals surface area contributed by atoms with Crippen molar-refractivity contribution in [2.75, 3.05) is 0 Å². The van der Waals surface area contributed by atoms with Gasteiger partial charge in [-0.05, 0) is 26.0 Å². The van der Waals surface area contributed by atoms with Crippen molar-refractivity contribution < 1.29 is 0 Å². The largest absolute Gasteiger partial charge is 0.363 e. The van der Waals surface area contributed by atoms with E-state index < -0.39 is 0 Å². The van der Waals surface area contributed by atoms with E-state index in [-0.39, 0.29) is 5.57 Å². The summed E-state index contributed by atoms with van der Waals surface area (Å²) in [5.74, 6) is 0. The van der Waals surface area contributed by atoms with Gasteiger partial charge in [0.1, 0.15) is 17.7 Å². The molecule has 0 heterocycles. The SMILES string of the molecule is C=C(C)N/C(C)=C\C=C(C#N)C#N. The van der Waals surface area contributed by atoms with Gasteiger partial charge in [0.15, 0.2) is 0 Å². The number of nitrogens with one attached hydrogen (secondary N) is 1. The number of rotatable bonds is 3. The monoisotopic (exact) mass is 173 g/mol. The molecule has 0 aliphatic rings. The number of nitriles is 2. The molecule has 0 amide bonds. The maximum atomic E-state index is 8.41. The minimum atomic E-state index is 0.0860. The first-order valence-electron chi connectivity index (χ1n) is 3.71. The smallest absolute Gasteiger partial charge is 0.129 e. The molecule has 66 valence electrons. The molecule has 13 heavy (non-hydrogen) atoms. The van der Waals surface area contributed by atoms with E-state index in [9.17, 15) is 0 Å². The zero-order valence-electron chi connectivity index (χ0n) is 7.76. The lowest BCUT2D eigenvalue weighted by atomic mass is 10.3. The van der Waals surface area contributed by atoms with Crippen LogP contribution in [0.25, 0.3) is 0 Å². The number of hydrogen-bond acceptors (Lipinski definition) is 3. The van der Waals surface area contributed by atoms with Gasteiger partial charge in [-0.3, -0.25) is 0 Å². The van der Waals surface area contributed by atoms with E-state index in [2.05, 4.69) is 11.9 Å². The lowest BCUT2D eigenvalue weighted by molar-refractivity contribution is 0.975. The predicted molar refractivity (Wildman–Crippen MR) is 51.0 cm³/mol. The third-order valence-corrected chi connectivity index (χ3v) is 1.15. The summed E-state index contributed by atoms with van der Waals surface area (Å²) in [5.41, 5.74) is 1.75. The van der Waals surface area contributed by atoms with Crippen LogP contribution in [-0.2, 0) is 0 Å². The van der Waals surface area contributed by atoms with Crippen molar-refractivity contribution >= 4 is 0 Å². The van der Waals surface area contributed by atoms with Gasteiger partial charge < -0.3 is 5.32 Å². The van der Waals surface area contributed by atoms with Crippen molar-refractivity contribution in [3.63, 3.8) is 0 Å². The maximum Gasteiger partial charge on any atom is 0.129 e. The van der Waals surface area contributed by atoms with E-state index in [1.54, 1.807) is 18.2 Å². The van der Waals surface area contributed by atoms with Crippen molar-refractivity contribution in [1.29, 1.82) is 10.5 Å². The van der Waals surface area contributed by atoms with Gasteiger partial charge in [-0.1, -0.05) is 6.58 Å². The van der Waals surface area contributed by atoms with Gasteiger partial charge in [0.05, 0.1) is 0 Å². The van der Waals surface area contributed by atoms with Crippen LogP contribution >= 0.6 is 0 Å². The van der Waals surface area contributed by atoms with Gasteiger partial charge in [-0.25, -0.2) is 0 Å². The summed E-state index contributed by atoms with van der Waals surface area (Å²) < 4.78 is 0. The van der Waals surface area contributed by atoms with Crippen LogP contribution in [0.2, 0.25) is 0 Å². The molecule has 0 aromatic heterocycles. The Bertz CT molecular complexity index is 318. The topological polar surface area (TPSA) is 59.6 Å². The second-order valence-corrected chi connectivity index (χ2v) is 2.56. The Hall–Kier alpha value is -2.00. The molecular weight excluding hydrogens is 162 g/mol. The fourth-order valence-corrected chi connectivity index (χ4v) is 0.686.